The summed E-state index contributed by atoms with van der Waals surface area (Å²) in [5, 5.41) is 6.51. The average molecular weight is 304 g/mol. The van der Waals surface area contributed by atoms with Gasteiger partial charge in [0.05, 0.1) is 11.4 Å². The lowest BCUT2D eigenvalue weighted by Crippen LogP contribution is -2.41. The molecule has 0 saturated heterocycles. The van der Waals surface area contributed by atoms with Gasteiger partial charge in [-0.2, -0.15) is 18.3 Å². The van der Waals surface area contributed by atoms with Gasteiger partial charge in [-0.25, -0.2) is 0 Å². The van der Waals surface area contributed by atoms with Crippen molar-refractivity contribution in [2.75, 3.05) is 18.8 Å². The molecule has 2 rings (SSSR count). The number of H-pyrrole nitrogens is 1. The summed E-state index contributed by atoms with van der Waals surface area (Å²) in [4.78, 5) is 13.1. The molecule has 0 radical (unpaired) electrons. The molecule has 1 heterocycles. The highest BCUT2D eigenvalue weighted by Gasteiger charge is 2.36. The molecule has 0 spiro atoms. The van der Waals surface area contributed by atoms with E-state index in [1.54, 1.807) is 13.8 Å². The number of carbonyl (C=O) groups excluding carboxylic acids is 1. The number of aromatic amines is 1. The fraction of sp³-hybridized carbons (Fsp3) is 0.692. The quantitative estimate of drug-likeness (QED) is 0.877. The van der Waals surface area contributed by atoms with Crippen LogP contribution < -0.4 is 5.73 Å². The van der Waals surface area contributed by atoms with E-state index in [1.807, 2.05) is 0 Å². The molecule has 1 amide bonds. The summed E-state index contributed by atoms with van der Waals surface area (Å²) in [5.74, 6) is -0.610. The van der Waals surface area contributed by atoms with E-state index in [9.17, 15) is 18.0 Å². The minimum Gasteiger partial charge on any atom is -0.395 e. The number of anilines is 1. The highest BCUT2D eigenvalue weighted by Crippen LogP contribution is 2.42. The lowest BCUT2D eigenvalue weighted by Gasteiger charge is -2.25. The van der Waals surface area contributed by atoms with E-state index >= 15 is 0 Å². The van der Waals surface area contributed by atoms with Gasteiger partial charge in [0.1, 0.15) is 6.54 Å². The molecule has 0 aromatic carbocycles. The van der Waals surface area contributed by atoms with Gasteiger partial charge in [-0.05, 0) is 18.8 Å². The number of hydrogen-bond donors (Lipinski definition) is 2. The minimum absolute atomic E-state index is 0.00338. The van der Waals surface area contributed by atoms with Gasteiger partial charge in [0.2, 0.25) is 0 Å². The number of rotatable bonds is 5. The lowest BCUT2D eigenvalue weighted by molar-refractivity contribution is -0.141. The minimum atomic E-state index is -4.45. The van der Waals surface area contributed by atoms with Crippen LogP contribution in [0, 0.1) is 5.92 Å². The van der Waals surface area contributed by atoms with Gasteiger partial charge >= 0.3 is 6.18 Å². The highest BCUT2D eigenvalue weighted by molar-refractivity contribution is 5.97. The summed E-state index contributed by atoms with van der Waals surface area (Å²) in [6, 6.07) is 0. The number of nitrogens with two attached hydrogens (primary N) is 1. The maximum atomic E-state index is 12.6. The number of halogens is 3. The fourth-order valence-corrected chi connectivity index (χ4v) is 2.24. The van der Waals surface area contributed by atoms with E-state index in [1.165, 1.54) is 0 Å². The van der Waals surface area contributed by atoms with E-state index in [2.05, 4.69) is 10.2 Å². The van der Waals surface area contributed by atoms with E-state index in [4.69, 9.17) is 5.73 Å². The molecule has 1 saturated carbocycles. The Balaban J connectivity index is 2.20. The van der Waals surface area contributed by atoms with Crippen LogP contribution in [0.4, 0.5) is 18.9 Å². The van der Waals surface area contributed by atoms with Crippen LogP contribution in [0.2, 0.25) is 0 Å². The van der Waals surface area contributed by atoms with Crippen molar-refractivity contribution in [2.24, 2.45) is 5.92 Å². The summed E-state index contributed by atoms with van der Waals surface area (Å²) in [7, 11) is 0. The Morgan fingerprint density at radius 3 is 2.57 bits per heavy atom. The third-order valence-corrected chi connectivity index (χ3v) is 3.26. The number of amides is 1. The third-order valence-electron chi connectivity index (χ3n) is 3.26. The molecule has 0 bridgehead atoms. The fourth-order valence-electron chi connectivity index (χ4n) is 2.24. The Morgan fingerprint density at radius 2 is 2.10 bits per heavy atom. The predicted octanol–water partition coefficient (Wildman–Crippen LogP) is 2.53. The van der Waals surface area contributed by atoms with Crippen molar-refractivity contribution in [3.63, 3.8) is 0 Å². The molecule has 0 atom stereocenters. The monoisotopic (exact) mass is 304 g/mol. The van der Waals surface area contributed by atoms with Crippen LogP contribution in [0.15, 0.2) is 0 Å². The number of nitrogens with zero attached hydrogens (tertiary/aromatic N) is 2. The molecule has 3 N–H and O–H groups in total. The van der Waals surface area contributed by atoms with Crippen LogP contribution in [-0.4, -0.2) is 40.3 Å². The number of hydrogen-bond acceptors (Lipinski definition) is 3. The zero-order valence-corrected chi connectivity index (χ0v) is 12.0. The van der Waals surface area contributed by atoms with Crippen molar-refractivity contribution in [3.05, 3.63) is 11.4 Å². The number of alkyl halides is 3. The molecular weight excluding hydrogens is 285 g/mol. The van der Waals surface area contributed by atoms with Crippen molar-refractivity contribution < 1.29 is 18.0 Å². The van der Waals surface area contributed by atoms with Gasteiger partial charge in [0.25, 0.3) is 5.91 Å². The van der Waals surface area contributed by atoms with Crippen LogP contribution in [-0.2, 0) is 0 Å². The Kier molecular flexibility index (Phi) is 4.15. The molecule has 0 unspecified atom stereocenters. The van der Waals surface area contributed by atoms with Gasteiger partial charge in [0.15, 0.2) is 5.69 Å². The van der Waals surface area contributed by atoms with Crippen molar-refractivity contribution in [1.82, 2.24) is 15.1 Å². The maximum absolute atomic E-state index is 12.6. The van der Waals surface area contributed by atoms with Gasteiger partial charge < -0.3 is 10.6 Å². The van der Waals surface area contributed by atoms with Gasteiger partial charge in [0, 0.05) is 12.5 Å². The highest BCUT2D eigenvalue weighted by atomic mass is 19.4. The van der Waals surface area contributed by atoms with Crippen LogP contribution in [0.5, 0.6) is 0 Å². The Bertz CT molecular complexity index is 520. The van der Waals surface area contributed by atoms with Crippen molar-refractivity contribution >= 4 is 11.6 Å². The largest absolute Gasteiger partial charge is 0.406 e. The molecule has 1 aliphatic rings. The SMILES string of the molecule is CC(C)CN(CC(F)(F)F)C(=O)c1n[nH]c(C2CC2)c1N. The summed E-state index contributed by atoms with van der Waals surface area (Å²) in [6.45, 7) is 2.21. The van der Waals surface area contributed by atoms with E-state index in [-0.39, 0.29) is 29.8 Å². The second-order valence-corrected chi connectivity index (χ2v) is 5.87. The standard InChI is InChI=1S/C13H19F3N4O/c1-7(2)5-20(6-13(14,15)16)12(21)11-9(17)10(18-19-11)8-3-4-8/h7-8H,3-6,17H2,1-2H3,(H,18,19). The molecular formula is C13H19F3N4O. The van der Waals surface area contributed by atoms with Gasteiger partial charge in [-0.3, -0.25) is 9.89 Å². The van der Waals surface area contributed by atoms with Crippen LogP contribution in [0.1, 0.15) is 48.8 Å². The first-order valence-corrected chi connectivity index (χ1v) is 6.88. The molecule has 0 aliphatic heterocycles. The summed E-state index contributed by atoms with van der Waals surface area (Å²) in [5.41, 5.74) is 6.59. The molecule has 1 aromatic heterocycles. The first-order chi connectivity index (χ1) is 9.69. The smallest absolute Gasteiger partial charge is 0.395 e. The Hall–Kier alpha value is -1.73. The van der Waals surface area contributed by atoms with E-state index in [0.717, 1.165) is 17.7 Å². The molecule has 1 aliphatic carbocycles. The topological polar surface area (TPSA) is 75.0 Å². The predicted molar refractivity (Wildman–Crippen MR) is 71.8 cm³/mol. The zero-order chi connectivity index (χ0) is 15.8. The number of nitrogens with one attached hydrogen (secondary N) is 1. The molecule has 21 heavy (non-hydrogen) atoms. The summed E-state index contributed by atoms with van der Waals surface area (Å²) >= 11 is 0. The number of aromatic nitrogens is 2. The third kappa shape index (κ3) is 3.89. The molecule has 1 fully saturated rings. The first-order valence-electron chi connectivity index (χ1n) is 6.88. The molecule has 5 nitrogen and oxygen atoms in total. The van der Waals surface area contributed by atoms with Crippen molar-refractivity contribution in [1.29, 1.82) is 0 Å². The zero-order valence-electron chi connectivity index (χ0n) is 12.0. The second-order valence-electron chi connectivity index (χ2n) is 5.87. The number of carbonyl (C=O) groups is 1. The van der Waals surface area contributed by atoms with Crippen LogP contribution in [0.25, 0.3) is 0 Å². The summed E-state index contributed by atoms with van der Waals surface area (Å²) < 4.78 is 37.9. The van der Waals surface area contributed by atoms with Gasteiger partial charge in [-0.1, -0.05) is 13.8 Å². The normalized spacial score (nSPS) is 15.5. The molecule has 1 aromatic rings. The van der Waals surface area contributed by atoms with Crippen molar-refractivity contribution in [3.8, 4) is 0 Å². The average Bonchev–Trinajstić information content (AvgIpc) is 3.09. The first kappa shape index (κ1) is 15.7. The second kappa shape index (κ2) is 5.57. The maximum Gasteiger partial charge on any atom is 0.406 e. The van der Waals surface area contributed by atoms with E-state index in [0.29, 0.717) is 5.69 Å². The lowest BCUT2D eigenvalue weighted by atomic mass is 10.1. The van der Waals surface area contributed by atoms with Crippen molar-refractivity contribution in [2.45, 2.75) is 38.8 Å². The molecule has 8 heteroatoms. The molecule has 118 valence electrons. The van der Waals surface area contributed by atoms with Crippen LogP contribution in [0.3, 0.4) is 0 Å². The van der Waals surface area contributed by atoms with Gasteiger partial charge in [-0.15, -0.1) is 0 Å². The number of nitrogen functional groups attached to an aromatic ring is 1. The Morgan fingerprint density at radius 1 is 1.48 bits per heavy atom. The Labute approximate surface area is 120 Å². The van der Waals surface area contributed by atoms with Crippen LogP contribution >= 0.6 is 0 Å². The summed E-state index contributed by atoms with van der Waals surface area (Å²) in [6.07, 6.45) is -2.54. The van der Waals surface area contributed by atoms with E-state index < -0.39 is 18.6 Å².